The summed E-state index contributed by atoms with van der Waals surface area (Å²) in [6.45, 7) is 0.944. The Morgan fingerprint density at radius 2 is 0.818 bits per heavy atom. The fourth-order valence-electron chi connectivity index (χ4n) is 0. The zero-order chi connectivity index (χ0) is 8.83. The first kappa shape index (κ1) is 22.7. The Bertz CT molecular complexity index is 28.1. The second kappa shape index (κ2) is 43.5. The van der Waals surface area contributed by atoms with Crippen LogP contribution in [0.15, 0.2) is 0 Å². The van der Waals surface area contributed by atoms with E-state index in [1.807, 2.05) is 0 Å². The van der Waals surface area contributed by atoms with Gasteiger partial charge in [0.05, 0.1) is 0 Å². The minimum absolute atomic E-state index is 0. The number of nitrogens with one attached hydrogen (secondary N) is 4. The van der Waals surface area contributed by atoms with Crippen molar-refractivity contribution in [2.75, 3.05) is 26.2 Å². The van der Waals surface area contributed by atoms with E-state index < -0.39 is 0 Å². The van der Waals surface area contributed by atoms with Crippen LogP contribution in [0, 0.1) is 0 Å². The molecular formula is C4H13Cl2N4Pt-4. The van der Waals surface area contributed by atoms with Gasteiger partial charge in [0.1, 0.15) is 0 Å². The predicted molar refractivity (Wildman–Crippen MR) is 49.9 cm³/mol. The van der Waals surface area contributed by atoms with Crippen LogP contribution in [0.4, 0.5) is 0 Å². The smallest absolute Gasteiger partial charge is 0.171 e. The zero-order valence-electron chi connectivity index (χ0n) is 5.93. The van der Waals surface area contributed by atoms with Crippen LogP contribution < -0.4 is 0 Å². The quantitative estimate of drug-likeness (QED) is 0.700. The summed E-state index contributed by atoms with van der Waals surface area (Å²) in [6, 6.07) is 0. The van der Waals surface area contributed by atoms with Crippen molar-refractivity contribution >= 4 is 21.8 Å². The molecule has 0 aromatic heterocycles. The molecule has 0 radical (unpaired) electrons. The third-order valence-electron chi connectivity index (χ3n) is 0.250. The molecule has 4 N–H and O–H groups in total. The Kier molecular flexibility index (Phi) is 89.9. The second-order valence-corrected chi connectivity index (χ2v) is 1.000. The molecule has 0 aromatic carbocycles. The number of rotatable bonds is 2. The fraction of sp³-hybridized carbons (Fsp3) is 1.00. The Hall–Kier alpha value is 1.11. The summed E-state index contributed by atoms with van der Waals surface area (Å²) in [5, 5.41) is 0. The van der Waals surface area contributed by atoms with Gasteiger partial charge >= 0.3 is 28.2 Å². The Labute approximate surface area is 89.6 Å². The SMILES string of the molecule is Cl.[Cl][Pt].[NH-]CC[NH-].[NH-]CC[NH-]. The first-order valence-corrected chi connectivity index (χ1v) is 5.35. The van der Waals surface area contributed by atoms with E-state index in [-0.39, 0.29) is 38.6 Å². The minimum Gasteiger partial charge on any atom is -0.679 e. The molecule has 77 valence electrons. The first-order valence-electron chi connectivity index (χ1n) is 2.53. The molecule has 0 unspecified atom stereocenters. The van der Waals surface area contributed by atoms with Crippen LogP contribution in [0.25, 0.3) is 22.9 Å². The largest absolute Gasteiger partial charge is 0.679 e. The van der Waals surface area contributed by atoms with E-state index in [1.54, 1.807) is 18.8 Å². The van der Waals surface area contributed by atoms with Crippen molar-refractivity contribution in [1.82, 2.24) is 0 Å². The summed E-state index contributed by atoms with van der Waals surface area (Å²) in [4.78, 5) is 0. The molecule has 0 heterocycles. The maximum Gasteiger partial charge on any atom is -0.171 e. The molecule has 4 nitrogen and oxygen atoms in total. The maximum atomic E-state index is 6.26. The van der Waals surface area contributed by atoms with Crippen LogP contribution in [-0.2, 0) is 18.8 Å². The summed E-state index contributed by atoms with van der Waals surface area (Å²) in [5.74, 6) is 0. The van der Waals surface area contributed by atoms with Crippen molar-refractivity contribution in [3.63, 3.8) is 0 Å². The van der Waals surface area contributed by atoms with Gasteiger partial charge in [0, 0.05) is 0 Å². The number of hydrogen-bond acceptors (Lipinski definition) is 0. The molecule has 0 aliphatic carbocycles. The van der Waals surface area contributed by atoms with Crippen LogP contribution in [0.5, 0.6) is 0 Å². The van der Waals surface area contributed by atoms with Crippen molar-refractivity contribution in [2.45, 2.75) is 0 Å². The Morgan fingerprint density at radius 3 is 0.818 bits per heavy atom. The van der Waals surface area contributed by atoms with E-state index >= 15 is 0 Å². The van der Waals surface area contributed by atoms with E-state index in [0.29, 0.717) is 0 Å². The Morgan fingerprint density at radius 1 is 0.727 bits per heavy atom. The first-order chi connectivity index (χ1) is 4.83. The second-order valence-electron chi connectivity index (χ2n) is 1.000. The summed E-state index contributed by atoms with van der Waals surface area (Å²) >= 11 is 1.61. The topological polar surface area (TPSA) is 95.2 Å². The van der Waals surface area contributed by atoms with Crippen LogP contribution in [0.3, 0.4) is 0 Å². The van der Waals surface area contributed by atoms with Gasteiger partial charge in [0.15, 0.2) is 0 Å². The van der Waals surface area contributed by atoms with Crippen LogP contribution in [-0.4, -0.2) is 26.2 Å². The molecule has 0 bridgehead atoms. The van der Waals surface area contributed by atoms with E-state index in [0.717, 1.165) is 0 Å². The van der Waals surface area contributed by atoms with E-state index in [9.17, 15) is 0 Å². The van der Waals surface area contributed by atoms with Crippen LogP contribution in [0.1, 0.15) is 0 Å². The summed E-state index contributed by atoms with van der Waals surface area (Å²) in [6.07, 6.45) is 0. The van der Waals surface area contributed by atoms with Crippen molar-refractivity contribution in [2.24, 2.45) is 0 Å². The van der Waals surface area contributed by atoms with Crippen molar-refractivity contribution in [3.8, 4) is 0 Å². The minimum atomic E-state index is 0. The Balaban J connectivity index is -0.0000000339. The van der Waals surface area contributed by atoms with Crippen LogP contribution in [0.2, 0.25) is 0 Å². The zero-order valence-corrected chi connectivity index (χ0v) is 9.78. The molecule has 11 heavy (non-hydrogen) atoms. The van der Waals surface area contributed by atoms with E-state index in [4.69, 9.17) is 22.9 Å². The van der Waals surface area contributed by atoms with Crippen LogP contribution >= 0.6 is 21.8 Å². The number of halogens is 2. The van der Waals surface area contributed by atoms with Gasteiger partial charge in [-0.05, 0) is 0 Å². The van der Waals surface area contributed by atoms with Gasteiger partial charge in [-0.1, -0.05) is 0 Å². The van der Waals surface area contributed by atoms with Gasteiger partial charge in [-0.25, -0.2) is 0 Å². The number of hydrogen-bond donors (Lipinski definition) is 0. The van der Waals surface area contributed by atoms with E-state index in [1.165, 1.54) is 0 Å². The standard InChI is InChI=1S/2C2H6N2.2ClH.Pt/c2*3-1-2-4;;;/h2*3-4H,1-2H2;2*1H;/q2*-2;;;+1/p-1. The molecule has 0 spiro atoms. The fourth-order valence-corrected chi connectivity index (χ4v) is 0. The maximum absolute atomic E-state index is 6.26. The third kappa shape index (κ3) is 95.4. The average Bonchev–Trinajstić information content (AvgIpc) is 2.08. The summed E-state index contributed by atoms with van der Waals surface area (Å²) < 4.78 is 0. The van der Waals surface area contributed by atoms with Gasteiger partial charge < -0.3 is 22.9 Å². The summed E-state index contributed by atoms with van der Waals surface area (Å²) in [7, 11) is 4.61. The third-order valence-corrected chi connectivity index (χ3v) is 0.250. The van der Waals surface area contributed by atoms with Crippen molar-refractivity contribution in [1.29, 1.82) is 0 Å². The van der Waals surface area contributed by atoms with Gasteiger partial charge in [-0.15, -0.1) is 12.4 Å². The predicted octanol–water partition coefficient (Wildman–Crippen LogP) is 3.29. The summed E-state index contributed by atoms with van der Waals surface area (Å²) in [5.41, 5.74) is 25.1. The van der Waals surface area contributed by atoms with Gasteiger partial charge in [-0.2, -0.15) is 26.2 Å². The molecule has 0 aliphatic rings. The molecule has 0 aliphatic heterocycles. The molecule has 7 heteroatoms. The molecule has 0 fully saturated rings. The molecule has 0 saturated carbocycles. The molecule has 0 rings (SSSR count). The van der Waals surface area contributed by atoms with Crippen molar-refractivity contribution < 1.29 is 18.8 Å². The molecule has 0 aromatic rings. The van der Waals surface area contributed by atoms with Gasteiger partial charge in [0.2, 0.25) is 0 Å². The van der Waals surface area contributed by atoms with E-state index in [2.05, 4.69) is 9.42 Å². The average molecular weight is 383 g/mol. The van der Waals surface area contributed by atoms with Gasteiger partial charge in [0.25, 0.3) is 0 Å². The monoisotopic (exact) mass is 382 g/mol. The van der Waals surface area contributed by atoms with Gasteiger partial charge in [-0.3, -0.25) is 0 Å². The van der Waals surface area contributed by atoms with Crippen molar-refractivity contribution in [3.05, 3.63) is 22.9 Å². The molecule has 0 amide bonds. The molecule has 0 saturated heterocycles. The normalized spacial score (nSPS) is 6.09. The molecular weight excluding hydrogens is 370 g/mol. The molecule has 0 atom stereocenters.